The lowest BCUT2D eigenvalue weighted by Gasteiger charge is -2.32. The Balaban J connectivity index is 1.51. The fraction of sp³-hybridized carbons (Fsp3) is 0.500. The molecule has 2 aromatic rings. The van der Waals surface area contributed by atoms with Crippen LogP contribution in [0, 0.1) is 6.92 Å². The largest absolute Gasteiger partial charge is 0.346 e. The molecule has 1 aromatic heterocycles. The number of carbonyl (C=O) groups excluding carboxylic acids is 1. The predicted molar refractivity (Wildman–Crippen MR) is 94.3 cm³/mol. The molecule has 1 fully saturated rings. The lowest BCUT2D eigenvalue weighted by atomic mass is 9.90. The number of fused-ring (bicyclic) bond motifs is 1. The van der Waals surface area contributed by atoms with Crippen molar-refractivity contribution in [2.45, 2.75) is 51.4 Å². The number of aromatic nitrogens is 2. The van der Waals surface area contributed by atoms with Crippen LogP contribution >= 0.6 is 0 Å². The Labute approximate surface area is 143 Å². The number of hydrogen-bond acceptors (Lipinski definition) is 2. The fourth-order valence-electron chi connectivity index (χ4n) is 4.07. The van der Waals surface area contributed by atoms with Crippen molar-refractivity contribution in [1.29, 1.82) is 0 Å². The average Bonchev–Trinajstić information content (AvgIpc) is 3.07. The number of aromatic amines is 1. The van der Waals surface area contributed by atoms with Gasteiger partial charge in [-0.15, -0.1) is 0 Å². The van der Waals surface area contributed by atoms with Crippen LogP contribution in [-0.4, -0.2) is 33.9 Å². The van der Waals surface area contributed by atoms with Crippen LogP contribution < -0.4 is 0 Å². The Kier molecular flexibility index (Phi) is 4.13. The lowest BCUT2D eigenvalue weighted by Crippen LogP contribution is -2.39. The van der Waals surface area contributed by atoms with E-state index in [0.29, 0.717) is 5.92 Å². The van der Waals surface area contributed by atoms with Crippen LogP contribution in [0.4, 0.5) is 0 Å². The van der Waals surface area contributed by atoms with Gasteiger partial charge in [0.05, 0.1) is 0 Å². The van der Waals surface area contributed by atoms with Crippen molar-refractivity contribution in [2.75, 3.05) is 13.1 Å². The number of likely N-dealkylation sites (tertiary alicyclic amines) is 1. The monoisotopic (exact) mass is 323 g/mol. The normalized spacial score (nSPS) is 20.7. The van der Waals surface area contributed by atoms with Gasteiger partial charge in [0.2, 0.25) is 0 Å². The molecule has 1 amide bonds. The van der Waals surface area contributed by atoms with E-state index >= 15 is 0 Å². The van der Waals surface area contributed by atoms with Gasteiger partial charge in [0.15, 0.2) is 0 Å². The Hall–Kier alpha value is -2.10. The van der Waals surface area contributed by atoms with Crippen molar-refractivity contribution < 1.29 is 4.79 Å². The molecule has 0 unspecified atom stereocenters. The van der Waals surface area contributed by atoms with Gasteiger partial charge in [-0.2, -0.15) is 0 Å². The molecular formula is C20H25N3O. The maximum Gasteiger partial charge on any atom is 0.253 e. The van der Waals surface area contributed by atoms with Gasteiger partial charge in [0, 0.05) is 36.5 Å². The van der Waals surface area contributed by atoms with Gasteiger partial charge in [-0.05, 0) is 68.7 Å². The molecule has 0 radical (unpaired) electrons. The van der Waals surface area contributed by atoms with E-state index in [2.05, 4.69) is 22.1 Å². The van der Waals surface area contributed by atoms with Crippen molar-refractivity contribution in [3.63, 3.8) is 0 Å². The van der Waals surface area contributed by atoms with Crippen LogP contribution in [-0.2, 0) is 12.8 Å². The maximum absolute atomic E-state index is 13.0. The van der Waals surface area contributed by atoms with E-state index in [1.807, 2.05) is 24.1 Å². The van der Waals surface area contributed by atoms with E-state index in [0.717, 1.165) is 55.9 Å². The Morgan fingerprint density at radius 1 is 1.21 bits per heavy atom. The maximum atomic E-state index is 13.0. The zero-order valence-electron chi connectivity index (χ0n) is 14.3. The lowest BCUT2D eigenvalue weighted by molar-refractivity contribution is 0.0704. The van der Waals surface area contributed by atoms with Gasteiger partial charge in [0.25, 0.3) is 5.91 Å². The van der Waals surface area contributed by atoms with E-state index < -0.39 is 0 Å². The third kappa shape index (κ3) is 2.97. The molecule has 1 atom stereocenters. The number of rotatable bonds is 2. The highest BCUT2D eigenvalue weighted by Gasteiger charge is 2.27. The van der Waals surface area contributed by atoms with Gasteiger partial charge in [0.1, 0.15) is 5.82 Å². The van der Waals surface area contributed by atoms with Gasteiger partial charge in [-0.25, -0.2) is 4.98 Å². The molecule has 1 aliphatic carbocycles. The standard InChI is InChI=1S/C20H25N3O/c1-14-12-21-19(22-14)18-7-4-10-23(13-18)20(24)17-9-8-15-5-2-3-6-16(15)11-17/h8-9,11-12,18H,2-7,10,13H2,1H3,(H,21,22)/t18-/m0/s1. The van der Waals surface area contributed by atoms with Crippen molar-refractivity contribution in [3.05, 3.63) is 52.6 Å². The molecule has 1 aliphatic heterocycles. The summed E-state index contributed by atoms with van der Waals surface area (Å²) in [6.45, 7) is 3.64. The highest BCUT2D eigenvalue weighted by molar-refractivity contribution is 5.94. The highest BCUT2D eigenvalue weighted by atomic mass is 16.2. The Bertz CT molecular complexity index is 749. The SMILES string of the molecule is Cc1cnc([C@H]2CCCN(C(=O)c3ccc4c(c3)CCCC4)C2)[nH]1. The molecule has 2 heterocycles. The molecule has 1 aromatic carbocycles. The van der Waals surface area contributed by atoms with Crippen molar-refractivity contribution in [2.24, 2.45) is 0 Å². The number of nitrogens with one attached hydrogen (secondary N) is 1. The second kappa shape index (κ2) is 6.42. The minimum absolute atomic E-state index is 0.177. The van der Waals surface area contributed by atoms with Crippen molar-refractivity contribution >= 4 is 5.91 Å². The first-order valence-corrected chi connectivity index (χ1v) is 9.13. The summed E-state index contributed by atoms with van der Waals surface area (Å²) in [6.07, 6.45) is 8.81. The van der Waals surface area contributed by atoms with Gasteiger partial charge in [-0.1, -0.05) is 6.07 Å². The first-order valence-electron chi connectivity index (χ1n) is 9.13. The van der Waals surface area contributed by atoms with E-state index in [1.54, 1.807) is 0 Å². The number of hydrogen-bond donors (Lipinski definition) is 1. The third-order valence-corrected chi connectivity index (χ3v) is 5.41. The van der Waals surface area contributed by atoms with Crippen molar-refractivity contribution in [3.8, 4) is 0 Å². The van der Waals surface area contributed by atoms with E-state index in [-0.39, 0.29) is 5.91 Å². The number of amides is 1. The van der Waals surface area contributed by atoms with Crippen LogP contribution in [0.3, 0.4) is 0 Å². The van der Waals surface area contributed by atoms with E-state index in [1.165, 1.54) is 24.0 Å². The molecule has 4 rings (SSSR count). The summed E-state index contributed by atoms with van der Waals surface area (Å²) < 4.78 is 0. The van der Waals surface area contributed by atoms with Crippen molar-refractivity contribution in [1.82, 2.24) is 14.9 Å². The molecule has 24 heavy (non-hydrogen) atoms. The van der Waals surface area contributed by atoms with Gasteiger partial charge < -0.3 is 9.88 Å². The van der Waals surface area contributed by atoms with E-state index in [9.17, 15) is 4.79 Å². The molecule has 4 nitrogen and oxygen atoms in total. The van der Waals surface area contributed by atoms with Crippen LogP contribution in [0.1, 0.15) is 64.6 Å². The summed E-state index contributed by atoms with van der Waals surface area (Å²) in [7, 11) is 0. The number of carbonyl (C=O) groups is 1. The topological polar surface area (TPSA) is 49.0 Å². The molecular weight excluding hydrogens is 298 g/mol. The first-order chi connectivity index (χ1) is 11.7. The molecule has 2 aliphatic rings. The summed E-state index contributed by atoms with van der Waals surface area (Å²) in [5.41, 5.74) is 4.75. The van der Waals surface area contributed by atoms with Crippen LogP contribution in [0.5, 0.6) is 0 Å². The minimum Gasteiger partial charge on any atom is -0.346 e. The highest BCUT2D eigenvalue weighted by Crippen LogP contribution is 2.27. The number of piperidine rings is 1. The number of nitrogens with zero attached hydrogens (tertiary/aromatic N) is 2. The summed E-state index contributed by atoms with van der Waals surface area (Å²) in [5, 5.41) is 0. The van der Waals surface area contributed by atoms with Gasteiger partial charge >= 0.3 is 0 Å². The summed E-state index contributed by atoms with van der Waals surface area (Å²) in [5.74, 6) is 1.53. The molecule has 1 N–H and O–H groups in total. The first kappa shape index (κ1) is 15.4. The average molecular weight is 323 g/mol. The molecule has 1 saturated heterocycles. The summed E-state index contributed by atoms with van der Waals surface area (Å²) in [4.78, 5) is 22.8. The minimum atomic E-state index is 0.177. The summed E-state index contributed by atoms with van der Waals surface area (Å²) in [6, 6.07) is 6.32. The smallest absolute Gasteiger partial charge is 0.253 e. The summed E-state index contributed by atoms with van der Waals surface area (Å²) >= 11 is 0. The fourth-order valence-corrected chi connectivity index (χ4v) is 4.07. The Morgan fingerprint density at radius 2 is 2.04 bits per heavy atom. The third-order valence-electron chi connectivity index (χ3n) is 5.41. The molecule has 0 saturated carbocycles. The number of benzene rings is 1. The van der Waals surface area contributed by atoms with Gasteiger partial charge in [-0.3, -0.25) is 4.79 Å². The number of H-pyrrole nitrogens is 1. The molecule has 126 valence electrons. The second-order valence-electron chi connectivity index (χ2n) is 7.23. The second-order valence-corrected chi connectivity index (χ2v) is 7.23. The van der Waals surface area contributed by atoms with Crippen LogP contribution in [0.15, 0.2) is 24.4 Å². The van der Waals surface area contributed by atoms with Crippen LogP contribution in [0.2, 0.25) is 0 Å². The molecule has 4 heteroatoms. The van der Waals surface area contributed by atoms with Crippen LogP contribution in [0.25, 0.3) is 0 Å². The quantitative estimate of drug-likeness (QED) is 0.917. The Morgan fingerprint density at radius 3 is 2.83 bits per heavy atom. The number of aryl methyl sites for hydroxylation is 3. The zero-order chi connectivity index (χ0) is 16.5. The molecule has 0 bridgehead atoms. The predicted octanol–water partition coefficient (Wildman–Crippen LogP) is 3.62. The van der Waals surface area contributed by atoms with E-state index in [4.69, 9.17) is 0 Å². The zero-order valence-corrected chi connectivity index (χ0v) is 14.3. The number of imidazole rings is 1. The molecule has 0 spiro atoms.